The molecular formula is C21H22F3N3O. The van der Waals surface area contributed by atoms with Crippen LogP contribution in [-0.2, 0) is 12.7 Å². The molecule has 1 heterocycles. The maximum Gasteiger partial charge on any atom is 0.418 e. The lowest BCUT2D eigenvalue weighted by molar-refractivity contribution is -0.136. The van der Waals surface area contributed by atoms with Crippen LogP contribution >= 0.6 is 0 Å². The van der Waals surface area contributed by atoms with Crippen molar-refractivity contribution >= 4 is 22.3 Å². The van der Waals surface area contributed by atoms with Gasteiger partial charge in [0.2, 0.25) is 0 Å². The molecular weight excluding hydrogens is 367 g/mol. The molecule has 0 aliphatic carbocycles. The van der Waals surface area contributed by atoms with Gasteiger partial charge in [0.05, 0.1) is 11.1 Å². The summed E-state index contributed by atoms with van der Waals surface area (Å²) in [6.07, 6.45) is -3.11. The zero-order valence-corrected chi connectivity index (χ0v) is 15.7. The van der Waals surface area contributed by atoms with Crippen LogP contribution in [-0.4, -0.2) is 28.1 Å². The van der Waals surface area contributed by atoms with Gasteiger partial charge in [-0.15, -0.1) is 0 Å². The first-order valence-electron chi connectivity index (χ1n) is 9.09. The van der Waals surface area contributed by atoms with Gasteiger partial charge in [0, 0.05) is 35.1 Å². The number of phenolic OH excluding ortho intramolecular Hbond substituents is 1. The van der Waals surface area contributed by atoms with E-state index >= 15 is 0 Å². The van der Waals surface area contributed by atoms with E-state index in [1.165, 1.54) is 12.3 Å². The van der Waals surface area contributed by atoms with Crippen molar-refractivity contribution in [2.75, 3.05) is 18.4 Å². The van der Waals surface area contributed by atoms with Gasteiger partial charge in [-0.05, 0) is 43.4 Å². The maximum absolute atomic E-state index is 13.3. The van der Waals surface area contributed by atoms with E-state index in [4.69, 9.17) is 0 Å². The number of benzene rings is 2. The molecule has 3 rings (SSSR count). The van der Waals surface area contributed by atoms with E-state index in [1.54, 1.807) is 24.3 Å². The summed E-state index contributed by atoms with van der Waals surface area (Å²) in [6.45, 7) is 6.38. The van der Waals surface area contributed by atoms with Gasteiger partial charge in [-0.2, -0.15) is 13.2 Å². The molecule has 0 saturated heterocycles. The van der Waals surface area contributed by atoms with Gasteiger partial charge in [-0.1, -0.05) is 26.0 Å². The molecule has 0 unspecified atom stereocenters. The molecule has 0 atom stereocenters. The number of nitrogens with one attached hydrogen (secondary N) is 1. The van der Waals surface area contributed by atoms with Crippen LogP contribution in [0.5, 0.6) is 5.75 Å². The van der Waals surface area contributed by atoms with Crippen molar-refractivity contribution in [3.05, 3.63) is 59.8 Å². The van der Waals surface area contributed by atoms with E-state index in [2.05, 4.69) is 15.2 Å². The number of phenols is 1. The Bertz CT molecular complexity index is 969. The molecule has 0 saturated carbocycles. The Morgan fingerprint density at radius 2 is 1.82 bits per heavy atom. The van der Waals surface area contributed by atoms with Crippen molar-refractivity contribution in [2.24, 2.45) is 0 Å². The van der Waals surface area contributed by atoms with Gasteiger partial charge in [0.1, 0.15) is 5.75 Å². The molecule has 0 radical (unpaired) electrons. The van der Waals surface area contributed by atoms with Gasteiger partial charge in [0.15, 0.2) is 0 Å². The number of halogens is 3. The number of pyridine rings is 1. The fraction of sp³-hybridized carbons (Fsp3) is 0.286. The Hall–Kier alpha value is -2.80. The summed E-state index contributed by atoms with van der Waals surface area (Å²) < 4.78 is 39.8. The van der Waals surface area contributed by atoms with Gasteiger partial charge < -0.3 is 10.4 Å². The van der Waals surface area contributed by atoms with E-state index in [0.29, 0.717) is 23.3 Å². The van der Waals surface area contributed by atoms with Crippen molar-refractivity contribution in [1.82, 2.24) is 9.88 Å². The van der Waals surface area contributed by atoms with E-state index in [-0.39, 0.29) is 11.3 Å². The first-order valence-corrected chi connectivity index (χ1v) is 9.09. The lowest BCUT2D eigenvalue weighted by Crippen LogP contribution is -2.22. The summed E-state index contributed by atoms with van der Waals surface area (Å²) in [5, 5.41) is 13.7. The number of nitrogens with zero attached hydrogens (tertiary/aromatic N) is 2. The van der Waals surface area contributed by atoms with Gasteiger partial charge in [0.25, 0.3) is 0 Å². The van der Waals surface area contributed by atoms with Crippen LogP contribution in [0.2, 0.25) is 0 Å². The molecule has 1 aromatic heterocycles. The van der Waals surface area contributed by atoms with Crippen LogP contribution in [0.3, 0.4) is 0 Å². The number of fused-ring (bicyclic) bond motifs is 1. The summed E-state index contributed by atoms with van der Waals surface area (Å²) in [5.74, 6) is 0.191. The number of rotatable bonds is 6. The van der Waals surface area contributed by atoms with Crippen molar-refractivity contribution < 1.29 is 18.3 Å². The quantitative estimate of drug-likeness (QED) is 0.543. The highest BCUT2D eigenvalue weighted by atomic mass is 19.4. The van der Waals surface area contributed by atoms with Crippen molar-refractivity contribution in [1.29, 1.82) is 0 Å². The third-order valence-electron chi connectivity index (χ3n) is 4.72. The SMILES string of the molecule is CCN(CC)Cc1cc(Nc2ccnc3c(C(F)(F)F)cccc23)ccc1O. The number of aromatic hydroxyl groups is 1. The van der Waals surface area contributed by atoms with E-state index in [0.717, 1.165) is 24.7 Å². The minimum atomic E-state index is -4.47. The highest BCUT2D eigenvalue weighted by Crippen LogP contribution is 2.36. The van der Waals surface area contributed by atoms with E-state index in [1.807, 2.05) is 19.9 Å². The first-order chi connectivity index (χ1) is 13.3. The zero-order chi connectivity index (χ0) is 20.3. The predicted octanol–water partition coefficient (Wildman–Crippen LogP) is 5.54. The predicted molar refractivity (Wildman–Crippen MR) is 105 cm³/mol. The van der Waals surface area contributed by atoms with Crippen LogP contribution in [0.1, 0.15) is 25.0 Å². The average Bonchev–Trinajstić information content (AvgIpc) is 2.67. The minimum absolute atomic E-state index is 0.0952. The number of para-hydroxylation sites is 1. The number of hydrogen-bond acceptors (Lipinski definition) is 4. The molecule has 0 bridgehead atoms. The molecule has 3 aromatic rings. The Labute approximate surface area is 161 Å². The lowest BCUT2D eigenvalue weighted by Gasteiger charge is -2.19. The highest BCUT2D eigenvalue weighted by molar-refractivity contribution is 5.94. The Balaban J connectivity index is 1.97. The summed E-state index contributed by atoms with van der Waals surface area (Å²) in [6, 6.07) is 10.7. The molecule has 0 fully saturated rings. The topological polar surface area (TPSA) is 48.4 Å². The highest BCUT2D eigenvalue weighted by Gasteiger charge is 2.33. The lowest BCUT2D eigenvalue weighted by atomic mass is 10.1. The molecule has 0 amide bonds. The van der Waals surface area contributed by atoms with Crippen molar-refractivity contribution in [2.45, 2.75) is 26.6 Å². The average molecular weight is 389 g/mol. The fourth-order valence-electron chi connectivity index (χ4n) is 3.15. The van der Waals surface area contributed by atoms with Crippen LogP contribution in [0.15, 0.2) is 48.7 Å². The third kappa shape index (κ3) is 4.20. The Morgan fingerprint density at radius 3 is 2.50 bits per heavy atom. The molecule has 0 aliphatic rings. The van der Waals surface area contributed by atoms with E-state index in [9.17, 15) is 18.3 Å². The smallest absolute Gasteiger partial charge is 0.418 e. The third-order valence-corrected chi connectivity index (χ3v) is 4.72. The largest absolute Gasteiger partial charge is 0.508 e. The molecule has 2 N–H and O–H groups in total. The monoisotopic (exact) mass is 389 g/mol. The minimum Gasteiger partial charge on any atom is -0.508 e. The van der Waals surface area contributed by atoms with Gasteiger partial charge in [-0.3, -0.25) is 9.88 Å². The maximum atomic E-state index is 13.3. The van der Waals surface area contributed by atoms with Crippen molar-refractivity contribution in [3.63, 3.8) is 0 Å². The molecule has 4 nitrogen and oxygen atoms in total. The number of alkyl halides is 3. The van der Waals surface area contributed by atoms with Crippen LogP contribution in [0.25, 0.3) is 10.9 Å². The normalized spacial score (nSPS) is 11.9. The van der Waals surface area contributed by atoms with Crippen LogP contribution < -0.4 is 5.32 Å². The summed E-state index contributed by atoms with van der Waals surface area (Å²) in [5.41, 5.74) is 1.10. The Morgan fingerprint density at radius 1 is 1.07 bits per heavy atom. The summed E-state index contributed by atoms with van der Waals surface area (Å²) >= 11 is 0. The second-order valence-corrected chi connectivity index (χ2v) is 6.49. The van der Waals surface area contributed by atoms with Gasteiger partial charge >= 0.3 is 6.18 Å². The fourth-order valence-corrected chi connectivity index (χ4v) is 3.15. The van der Waals surface area contributed by atoms with E-state index < -0.39 is 11.7 Å². The zero-order valence-electron chi connectivity index (χ0n) is 15.7. The molecule has 7 heteroatoms. The molecule has 0 spiro atoms. The summed E-state index contributed by atoms with van der Waals surface area (Å²) in [7, 11) is 0. The first kappa shape index (κ1) is 19.9. The summed E-state index contributed by atoms with van der Waals surface area (Å²) in [4.78, 5) is 6.10. The molecule has 148 valence electrons. The second-order valence-electron chi connectivity index (χ2n) is 6.49. The molecule has 2 aromatic carbocycles. The number of anilines is 2. The molecule has 28 heavy (non-hydrogen) atoms. The van der Waals surface area contributed by atoms with Crippen molar-refractivity contribution in [3.8, 4) is 5.75 Å². The number of hydrogen-bond donors (Lipinski definition) is 2. The Kier molecular flexibility index (Phi) is 5.74. The second kappa shape index (κ2) is 8.06. The molecule has 0 aliphatic heterocycles. The standard InChI is InChI=1S/C21H22F3N3O/c1-3-27(4-2)13-14-12-15(8-9-19(14)28)26-18-10-11-25-20-16(18)6-5-7-17(20)21(22,23)24/h5-12,28H,3-4,13H2,1-2H3,(H,25,26). The van der Waals surface area contributed by atoms with Gasteiger partial charge in [-0.25, -0.2) is 0 Å². The van der Waals surface area contributed by atoms with Crippen LogP contribution in [0, 0.1) is 0 Å². The van der Waals surface area contributed by atoms with Crippen LogP contribution in [0.4, 0.5) is 24.5 Å². The number of aromatic nitrogens is 1.